The van der Waals surface area contributed by atoms with Crippen molar-refractivity contribution in [1.82, 2.24) is 25.3 Å². The average Bonchev–Trinajstić information content (AvgIpc) is 3.15. The third-order valence-electron chi connectivity index (χ3n) is 4.07. The number of rotatable bonds is 8. The number of aliphatic carboxylic acids is 1. The number of ether oxygens (including phenoxy) is 1. The van der Waals surface area contributed by atoms with Gasteiger partial charge >= 0.3 is 5.97 Å². The van der Waals surface area contributed by atoms with Crippen LogP contribution in [0.4, 0.5) is 0 Å². The van der Waals surface area contributed by atoms with Crippen molar-refractivity contribution in [3.8, 4) is 22.8 Å². The molecule has 0 unspecified atom stereocenters. The number of halogens is 1. The molecule has 162 valence electrons. The van der Waals surface area contributed by atoms with Gasteiger partial charge in [0, 0.05) is 16.8 Å². The fourth-order valence-electron chi connectivity index (χ4n) is 2.76. The summed E-state index contributed by atoms with van der Waals surface area (Å²) in [6.45, 7) is 3.61. The van der Waals surface area contributed by atoms with Gasteiger partial charge in [-0.2, -0.15) is 0 Å². The predicted octanol–water partition coefficient (Wildman–Crippen LogP) is 2.37. The molecule has 1 aromatic carbocycles. The lowest BCUT2D eigenvalue weighted by Gasteiger charge is -2.26. The molecule has 0 fully saturated rings. The minimum Gasteiger partial charge on any atom is -0.505 e. The fraction of sp³-hybridized carbons (Fsp3) is 0.250. The van der Waals surface area contributed by atoms with Crippen LogP contribution in [0.5, 0.6) is 11.5 Å². The first-order valence-corrected chi connectivity index (χ1v) is 9.55. The monoisotopic (exact) mass is 445 g/mol. The van der Waals surface area contributed by atoms with Crippen molar-refractivity contribution in [3.05, 3.63) is 53.4 Å². The molecule has 10 nitrogen and oxygen atoms in total. The van der Waals surface area contributed by atoms with Crippen molar-refractivity contribution in [2.75, 3.05) is 6.54 Å². The molecule has 31 heavy (non-hydrogen) atoms. The molecule has 3 N–H and O–H groups in total. The van der Waals surface area contributed by atoms with Crippen LogP contribution in [0, 0.1) is 0 Å². The summed E-state index contributed by atoms with van der Waals surface area (Å²) in [5.74, 6) is -1.73. The molecule has 3 rings (SSSR count). The summed E-state index contributed by atoms with van der Waals surface area (Å²) in [4.78, 5) is 26.4. The van der Waals surface area contributed by atoms with E-state index in [1.807, 2.05) is 13.8 Å². The molecule has 2 heterocycles. The average molecular weight is 446 g/mol. The van der Waals surface area contributed by atoms with E-state index >= 15 is 0 Å². The number of nitrogens with one attached hydrogen (secondary N) is 1. The molecule has 11 heteroatoms. The molecule has 0 spiro atoms. The Hall–Kier alpha value is -3.66. The van der Waals surface area contributed by atoms with Gasteiger partial charge in [-0.05, 0) is 44.2 Å². The Kier molecular flexibility index (Phi) is 6.40. The maximum Gasteiger partial charge on any atom is 0.322 e. The molecule has 0 saturated heterocycles. The van der Waals surface area contributed by atoms with Gasteiger partial charge in [-0.3, -0.25) is 9.59 Å². The number of aromatic hydroxyl groups is 1. The van der Waals surface area contributed by atoms with Crippen LogP contribution in [-0.4, -0.2) is 54.2 Å². The van der Waals surface area contributed by atoms with Crippen LogP contribution in [0.25, 0.3) is 11.3 Å². The Bertz CT molecular complexity index is 1100. The lowest BCUT2D eigenvalue weighted by atomic mass is 10.1. The summed E-state index contributed by atoms with van der Waals surface area (Å²) in [5, 5.41) is 29.6. The number of carbonyl (C=O) groups excluding carboxylic acids is 1. The number of carboxylic acids is 1. The highest BCUT2D eigenvalue weighted by atomic mass is 35.5. The maximum absolute atomic E-state index is 11.9. The second kappa shape index (κ2) is 9.00. The Morgan fingerprint density at radius 1 is 1.26 bits per heavy atom. The Balaban J connectivity index is 1.69. The molecule has 0 aliphatic rings. The lowest BCUT2D eigenvalue weighted by molar-refractivity contribution is -0.135. The van der Waals surface area contributed by atoms with Crippen LogP contribution in [0.3, 0.4) is 0 Å². The van der Waals surface area contributed by atoms with E-state index in [1.165, 1.54) is 12.3 Å². The second-order valence-electron chi connectivity index (χ2n) is 7.29. The number of benzene rings is 1. The number of aromatic nitrogens is 4. The minimum absolute atomic E-state index is 0.283. The molecule has 0 aliphatic heterocycles. The lowest BCUT2D eigenvalue weighted by Crippen LogP contribution is -2.34. The molecule has 0 atom stereocenters. The number of carboxylic acid groups (broad SMARTS) is 1. The molecule has 0 bridgehead atoms. The first-order valence-electron chi connectivity index (χ1n) is 9.17. The van der Waals surface area contributed by atoms with Crippen molar-refractivity contribution in [1.29, 1.82) is 0 Å². The Morgan fingerprint density at radius 2 is 1.97 bits per heavy atom. The Labute approximate surface area is 182 Å². The maximum atomic E-state index is 11.9. The zero-order chi connectivity index (χ0) is 22.6. The van der Waals surface area contributed by atoms with Gasteiger partial charge in [-0.1, -0.05) is 16.8 Å². The van der Waals surface area contributed by atoms with E-state index in [-0.39, 0.29) is 5.69 Å². The molecular weight excluding hydrogens is 426 g/mol. The first-order chi connectivity index (χ1) is 14.6. The summed E-state index contributed by atoms with van der Waals surface area (Å²) < 4.78 is 7.58. The van der Waals surface area contributed by atoms with Crippen LogP contribution in [0.1, 0.15) is 24.3 Å². The van der Waals surface area contributed by atoms with Crippen LogP contribution in [0.15, 0.2) is 42.7 Å². The van der Waals surface area contributed by atoms with Crippen molar-refractivity contribution in [2.24, 2.45) is 0 Å². The molecule has 0 radical (unpaired) electrons. The fourth-order valence-corrected chi connectivity index (χ4v) is 2.89. The number of hydrogen-bond acceptors (Lipinski definition) is 7. The summed E-state index contributed by atoms with van der Waals surface area (Å²) in [7, 11) is 0. The zero-order valence-corrected chi connectivity index (χ0v) is 17.5. The summed E-state index contributed by atoms with van der Waals surface area (Å²) in [6.07, 6.45) is 3.01. The van der Waals surface area contributed by atoms with Gasteiger partial charge in [0.1, 0.15) is 29.3 Å². The number of hydrogen-bond donors (Lipinski definition) is 3. The van der Waals surface area contributed by atoms with Gasteiger partial charge < -0.3 is 20.3 Å². The quantitative estimate of drug-likeness (QED) is 0.480. The SMILES string of the molecule is CC(C)(Cn1cc(-c2cnc(C(=O)NCC(=O)O)c(O)c2)nn1)Oc1ccc(Cl)cc1. The Morgan fingerprint density at radius 3 is 2.61 bits per heavy atom. The van der Waals surface area contributed by atoms with Crippen molar-refractivity contribution < 1.29 is 24.5 Å². The largest absolute Gasteiger partial charge is 0.505 e. The highest BCUT2D eigenvalue weighted by Crippen LogP contribution is 2.25. The molecule has 1 amide bonds. The van der Waals surface area contributed by atoms with E-state index in [1.54, 1.807) is 35.1 Å². The van der Waals surface area contributed by atoms with Gasteiger partial charge in [0.15, 0.2) is 5.69 Å². The van der Waals surface area contributed by atoms with Gasteiger partial charge in [0.2, 0.25) is 0 Å². The third kappa shape index (κ3) is 5.92. The summed E-state index contributed by atoms with van der Waals surface area (Å²) >= 11 is 5.89. The standard InChI is InChI=1S/C20H20ClN5O5/c1-20(2,31-14-5-3-13(21)4-6-14)11-26-10-15(24-25-26)12-7-16(27)18(22-8-12)19(30)23-9-17(28)29/h3-8,10,27H,9,11H2,1-2H3,(H,23,30)(H,28,29). The van der Waals surface area contributed by atoms with E-state index in [9.17, 15) is 14.7 Å². The smallest absolute Gasteiger partial charge is 0.322 e. The van der Waals surface area contributed by atoms with Crippen molar-refractivity contribution >= 4 is 23.5 Å². The van der Waals surface area contributed by atoms with Crippen LogP contribution >= 0.6 is 11.6 Å². The number of pyridine rings is 1. The highest BCUT2D eigenvalue weighted by molar-refractivity contribution is 6.30. The second-order valence-corrected chi connectivity index (χ2v) is 7.72. The van der Waals surface area contributed by atoms with E-state index in [0.717, 1.165) is 0 Å². The van der Waals surface area contributed by atoms with Crippen LogP contribution < -0.4 is 10.1 Å². The van der Waals surface area contributed by atoms with E-state index in [2.05, 4.69) is 20.6 Å². The van der Waals surface area contributed by atoms with Crippen molar-refractivity contribution in [3.63, 3.8) is 0 Å². The van der Waals surface area contributed by atoms with Gasteiger partial charge in [0.05, 0.1) is 12.7 Å². The summed E-state index contributed by atoms with van der Waals surface area (Å²) in [5.41, 5.74) is -0.0157. The molecule has 0 aliphatic carbocycles. The number of amides is 1. The van der Waals surface area contributed by atoms with Crippen LogP contribution in [-0.2, 0) is 11.3 Å². The zero-order valence-electron chi connectivity index (χ0n) is 16.7. The predicted molar refractivity (Wildman–Crippen MR) is 111 cm³/mol. The first kappa shape index (κ1) is 22.0. The van der Waals surface area contributed by atoms with Crippen molar-refractivity contribution in [2.45, 2.75) is 26.0 Å². The highest BCUT2D eigenvalue weighted by Gasteiger charge is 2.22. The minimum atomic E-state index is -1.20. The van der Waals surface area contributed by atoms with Gasteiger partial charge in [-0.15, -0.1) is 5.10 Å². The molecule has 2 aromatic heterocycles. The number of nitrogens with zero attached hydrogens (tertiary/aromatic N) is 4. The van der Waals surface area contributed by atoms with E-state index in [4.69, 9.17) is 21.4 Å². The van der Waals surface area contributed by atoms with Gasteiger partial charge in [0.25, 0.3) is 5.91 Å². The topological polar surface area (TPSA) is 139 Å². The molecular formula is C20H20ClN5O5. The number of carbonyl (C=O) groups is 2. The third-order valence-corrected chi connectivity index (χ3v) is 4.32. The molecule has 3 aromatic rings. The summed E-state index contributed by atoms with van der Waals surface area (Å²) in [6, 6.07) is 8.35. The van der Waals surface area contributed by atoms with Crippen LogP contribution in [0.2, 0.25) is 5.02 Å². The molecule has 0 saturated carbocycles. The van der Waals surface area contributed by atoms with Gasteiger partial charge in [-0.25, -0.2) is 9.67 Å². The van der Waals surface area contributed by atoms with E-state index in [0.29, 0.717) is 28.6 Å². The van der Waals surface area contributed by atoms with E-state index < -0.39 is 29.8 Å². The normalized spacial score (nSPS) is 11.2.